The minimum Gasteiger partial charge on any atom is -0.396 e. The highest BCUT2D eigenvalue weighted by molar-refractivity contribution is 6.33. The van der Waals surface area contributed by atoms with Crippen LogP contribution in [-0.4, -0.2) is 12.7 Å². The first-order chi connectivity index (χ1) is 6.90. The van der Waals surface area contributed by atoms with Gasteiger partial charge in [-0.25, -0.2) is 0 Å². The quantitative estimate of drug-likeness (QED) is 0.793. The molecule has 0 saturated carbocycles. The summed E-state index contributed by atoms with van der Waals surface area (Å²) in [7, 11) is 0. The van der Waals surface area contributed by atoms with Crippen LogP contribution in [0.5, 0.6) is 0 Å². The summed E-state index contributed by atoms with van der Waals surface area (Å²) in [5.41, 5.74) is 6.24. The molecule has 1 aromatic carbocycles. The second-order valence-corrected chi connectivity index (χ2v) is 3.40. The molecule has 84 valence electrons. The molecular formula is C9H10ClF3N2. The van der Waals surface area contributed by atoms with Gasteiger partial charge in [-0.05, 0) is 12.1 Å². The topological polar surface area (TPSA) is 38.0 Å². The Labute approximate surface area is 90.2 Å². The SMILES string of the molecule is Nc1c(Cl)cccc1NCCC(F)(F)F. The van der Waals surface area contributed by atoms with E-state index in [9.17, 15) is 13.2 Å². The van der Waals surface area contributed by atoms with Crippen LogP contribution in [-0.2, 0) is 0 Å². The molecule has 0 aliphatic carbocycles. The Kier molecular flexibility index (Phi) is 3.68. The zero-order valence-corrected chi connectivity index (χ0v) is 8.49. The number of anilines is 2. The number of rotatable bonds is 3. The number of alkyl halides is 3. The minimum absolute atomic E-state index is 0.214. The van der Waals surface area contributed by atoms with Crippen LogP contribution < -0.4 is 11.1 Å². The van der Waals surface area contributed by atoms with E-state index in [2.05, 4.69) is 5.32 Å². The molecule has 3 N–H and O–H groups in total. The molecule has 2 nitrogen and oxygen atoms in total. The zero-order chi connectivity index (χ0) is 11.5. The fourth-order valence-electron chi connectivity index (χ4n) is 1.03. The van der Waals surface area contributed by atoms with Crippen LogP contribution in [0.4, 0.5) is 24.5 Å². The first-order valence-electron chi connectivity index (χ1n) is 4.25. The third-order valence-electron chi connectivity index (χ3n) is 1.78. The Morgan fingerprint density at radius 2 is 2.00 bits per heavy atom. The van der Waals surface area contributed by atoms with E-state index in [-0.39, 0.29) is 12.2 Å². The molecule has 0 spiro atoms. The maximum atomic E-state index is 11.8. The molecule has 0 atom stereocenters. The molecule has 0 radical (unpaired) electrons. The summed E-state index contributed by atoms with van der Waals surface area (Å²) in [6.45, 7) is -0.214. The van der Waals surface area contributed by atoms with Crippen molar-refractivity contribution in [1.29, 1.82) is 0 Å². The van der Waals surface area contributed by atoms with Crippen LogP contribution in [0.15, 0.2) is 18.2 Å². The number of nitrogens with one attached hydrogen (secondary N) is 1. The molecule has 0 heterocycles. The van der Waals surface area contributed by atoms with Crippen molar-refractivity contribution in [3.8, 4) is 0 Å². The number of para-hydroxylation sites is 1. The van der Waals surface area contributed by atoms with Crippen molar-refractivity contribution >= 4 is 23.0 Å². The fraction of sp³-hybridized carbons (Fsp3) is 0.333. The van der Waals surface area contributed by atoms with Gasteiger partial charge in [0.2, 0.25) is 0 Å². The van der Waals surface area contributed by atoms with Crippen LogP contribution in [0.2, 0.25) is 5.02 Å². The predicted octanol–water partition coefficient (Wildman–Crippen LogP) is 3.29. The number of halogens is 4. The van der Waals surface area contributed by atoms with E-state index >= 15 is 0 Å². The highest BCUT2D eigenvalue weighted by Gasteiger charge is 2.26. The van der Waals surface area contributed by atoms with E-state index in [0.717, 1.165) is 0 Å². The molecule has 0 fully saturated rings. The van der Waals surface area contributed by atoms with E-state index in [0.29, 0.717) is 10.7 Å². The second-order valence-electron chi connectivity index (χ2n) is 2.99. The molecule has 0 aliphatic heterocycles. The first-order valence-corrected chi connectivity index (χ1v) is 4.62. The minimum atomic E-state index is -4.17. The van der Waals surface area contributed by atoms with Gasteiger partial charge in [-0.1, -0.05) is 17.7 Å². The maximum absolute atomic E-state index is 11.8. The van der Waals surface area contributed by atoms with Crippen molar-refractivity contribution in [2.75, 3.05) is 17.6 Å². The summed E-state index contributed by atoms with van der Waals surface area (Å²) in [6.07, 6.45) is -5.07. The monoisotopic (exact) mass is 238 g/mol. The molecule has 15 heavy (non-hydrogen) atoms. The molecule has 0 unspecified atom stereocenters. The summed E-state index contributed by atoms with van der Waals surface area (Å²) in [5.74, 6) is 0. The number of hydrogen-bond acceptors (Lipinski definition) is 2. The van der Waals surface area contributed by atoms with Gasteiger partial charge in [-0.2, -0.15) is 13.2 Å². The Balaban J connectivity index is 2.55. The van der Waals surface area contributed by atoms with Crippen molar-refractivity contribution in [2.24, 2.45) is 0 Å². The van der Waals surface area contributed by atoms with Gasteiger partial charge in [0.15, 0.2) is 0 Å². The summed E-state index contributed by atoms with van der Waals surface area (Å²) in [6, 6.07) is 4.78. The normalized spacial score (nSPS) is 11.5. The van der Waals surface area contributed by atoms with Gasteiger partial charge in [0.05, 0.1) is 22.8 Å². The largest absolute Gasteiger partial charge is 0.396 e. The van der Waals surface area contributed by atoms with E-state index in [1.54, 1.807) is 18.2 Å². The standard InChI is InChI=1S/C9H10ClF3N2/c10-6-2-1-3-7(8(6)14)15-5-4-9(11,12)13/h1-3,15H,4-5,14H2. The number of nitrogen functional groups attached to an aromatic ring is 1. The van der Waals surface area contributed by atoms with Crippen molar-refractivity contribution in [2.45, 2.75) is 12.6 Å². The molecule has 0 aliphatic rings. The van der Waals surface area contributed by atoms with E-state index in [4.69, 9.17) is 17.3 Å². The summed E-state index contributed by atoms with van der Waals surface area (Å²) in [5, 5.41) is 2.91. The number of benzene rings is 1. The summed E-state index contributed by atoms with van der Waals surface area (Å²) in [4.78, 5) is 0. The van der Waals surface area contributed by atoms with Gasteiger partial charge in [0.25, 0.3) is 0 Å². The maximum Gasteiger partial charge on any atom is 0.390 e. The lowest BCUT2D eigenvalue weighted by Crippen LogP contribution is -2.15. The van der Waals surface area contributed by atoms with E-state index in [1.165, 1.54) is 0 Å². The van der Waals surface area contributed by atoms with Crippen molar-refractivity contribution in [3.63, 3.8) is 0 Å². The molecule has 1 aromatic rings. The van der Waals surface area contributed by atoms with Crippen LogP contribution in [0.1, 0.15) is 6.42 Å². The molecule has 0 amide bonds. The Hall–Kier alpha value is -1.10. The molecular weight excluding hydrogens is 229 g/mol. The lowest BCUT2D eigenvalue weighted by molar-refractivity contribution is -0.131. The Morgan fingerprint density at radius 3 is 2.60 bits per heavy atom. The Bertz CT molecular complexity index is 339. The summed E-state index contributed by atoms with van der Waals surface area (Å²) < 4.78 is 35.5. The van der Waals surface area contributed by atoms with Crippen LogP contribution in [0, 0.1) is 0 Å². The van der Waals surface area contributed by atoms with Crippen LogP contribution in [0.3, 0.4) is 0 Å². The average molecular weight is 239 g/mol. The van der Waals surface area contributed by atoms with Crippen molar-refractivity contribution in [3.05, 3.63) is 23.2 Å². The van der Waals surface area contributed by atoms with Gasteiger partial charge >= 0.3 is 6.18 Å². The summed E-state index contributed by atoms with van der Waals surface area (Å²) >= 11 is 5.70. The van der Waals surface area contributed by atoms with Gasteiger partial charge in [-0.3, -0.25) is 0 Å². The highest BCUT2D eigenvalue weighted by atomic mass is 35.5. The van der Waals surface area contributed by atoms with E-state index in [1.807, 2.05) is 0 Å². The van der Waals surface area contributed by atoms with E-state index < -0.39 is 12.6 Å². The van der Waals surface area contributed by atoms with Crippen molar-refractivity contribution < 1.29 is 13.2 Å². The van der Waals surface area contributed by atoms with Gasteiger partial charge in [0, 0.05) is 6.54 Å². The van der Waals surface area contributed by atoms with Crippen LogP contribution in [0.25, 0.3) is 0 Å². The Morgan fingerprint density at radius 1 is 1.33 bits per heavy atom. The third-order valence-corrected chi connectivity index (χ3v) is 2.11. The molecule has 1 rings (SSSR count). The van der Waals surface area contributed by atoms with Crippen LogP contribution >= 0.6 is 11.6 Å². The van der Waals surface area contributed by atoms with Gasteiger partial charge < -0.3 is 11.1 Å². The number of nitrogens with two attached hydrogens (primary N) is 1. The smallest absolute Gasteiger partial charge is 0.390 e. The van der Waals surface area contributed by atoms with Gasteiger partial charge in [0.1, 0.15) is 0 Å². The predicted molar refractivity (Wildman–Crippen MR) is 55.0 cm³/mol. The average Bonchev–Trinajstić information content (AvgIpc) is 2.10. The number of hydrogen-bond donors (Lipinski definition) is 2. The highest BCUT2D eigenvalue weighted by Crippen LogP contribution is 2.27. The molecule has 0 bridgehead atoms. The molecule has 0 aromatic heterocycles. The van der Waals surface area contributed by atoms with Gasteiger partial charge in [-0.15, -0.1) is 0 Å². The van der Waals surface area contributed by atoms with Crippen molar-refractivity contribution in [1.82, 2.24) is 0 Å². The lowest BCUT2D eigenvalue weighted by atomic mass is 10.2. The molecule has 6 heteroatoms. The fourth-order valence-corrected chi connectivity index (χ4v) is 1.20. The second kappa shape index (κ2) is 4.61. The third kappa shape index (κ3) is 3.87. The molecule has 0 saturated heterocycles. The first kappa shape index (κ1) is 12.0. The zero-order valence-electron chi connectivity index (χ0n) is 7.74. The lowest BCUT2D eigenvalue weighted by Gasteiger charge is -2.11.